The molecule has 0 bridgehead atoms. The lowest BCUT2D eigenvalue weighted by atomic mass is 10.1. The Morgan fingerprint density at radius 2 is 2.20 bits per heavy atom. The van der Waals surface area contributed by atoms with Crippen LogP contribution in [-0.2, 0) is 0 Å². The van der Waals surface area contributed by atoms with Gasteiger partial charge in [0, 0.05) is 25.0 Å². The van der Waals surface area contributed by atoms with Crippen molar-refractivity contribution in [2.45, 2.75) is 51.6 Å². The second kappa shape index (κ2) is 6.81. The molecule has 1 unspecified atom stereocenters. The molecule has 1 fully saturated rings. The summed E-state index contributed by atoms with van der Waals surface area (Å²) in [4.78, 5) is 2.55. The summed E-state index contributed by atoms with van der Waals surface area (Å²) in [6.07, 6.45) is 4.39. The van der Waals surface area contributed by atoms with Crippen LogP contribution in [0.3, 0.4) is 0 Å². The number of rotatable bonds is 4. The first-order valence-electron chi connectivity index (χ1n) is 6.08. The maximum absolute atomic E-state index is 8.47. The predicted molar refractivity (Wildman–Crippen MR) is 62.6 cm³/mol. The van der Waals surface area contributed by atoms with Gasteiger partial charge in [-0.3, -0.25) is 0 Å². The smallest absolute Gasteiger partial charge is 0.0635 e. The zero-order valence-electron chi connectivity index (χ0n) is 10.00. The fourth-order valence-corrected chi connectivity index (χ4v) is 2.17. The Hall–Kier alpha value is -0.590. The van der Waals surface area contributed by atoms with Gasteiger partial charge in [-0.05, 0) is 46.2 Å². The first-order valence-corrected chi connectivity index (χ1v) is 6.08. The van der Waals surface area contributed by atoms with Crippen molar-refractivity contribution in [2.75, 3.05) is 19.6 Å². The number of nitrogens with zero attached hydrogens (tertiary/aromatic N) is 2. The molecular formula is C12H23N3. The van der Waals surface area contributed by atoms with Crippen LogP contribution in [0.5, 0.6) is 0 Å². The molecule has 1 N–H and O–H groups in total. The van der Waals surface area contributed by atoms with E-state index in [1.54, 1.807) is 0 Å². The van der Waals surface area contributed by atoms with Crippen molar-refractivity contribution in [1.82, 2.24) is 10.2 Å². The van der Waals surface area contributed by atoms with Gasteiger partial charge >= 0.3 is 0 Å². The van der Waals surface area contributed by atoms with Crippen LogP contribution in [0.1, 0.15) is 39.5 Å². The van der Waals surface area contributed by atoms with Crippen molar-refractivity contribution < 1.29 is 0 Å². The van der Waals surface area contributed by atoms with Gasteiger partial charge < -0.3 is 10.2 Å². The minimum Gasteiger partial charge on any atom is -0.313 e. The Morgan fingerprint density at radius 3 is 2.87 bits per heavy atom. The maximum Gasteiger partial charge on any atom is 0.0635 e. The molecule has 0 saturated carbocycles. The molecule has 15 heavy (non-hydrogen) atoms. The predicted octanol–water partition coefficient (Wildman–Crippen LogP) is 1.75. The van der Waals surface area contributed by atoms with E-state index in [2.05, 4.69) is 30.1 Å². The summed E-state index contributed by atoms with van der Waals surface area (Å²) >= 11 is 0. The van der Waals surface area contributed by atoms with E-state index in [0.29, 0.717) is 18.5 Å². The van der Waals surface area contributed by atoms with E-state index >= 15 is 0 Å². The second-order valence-corrected chi connectivity index (χ2v) is 4.62. The third kappa shape index (κ3) is 4.63. The summed E-state index contributed by atoms with van der Waals surface area (Å²) in [5, 5.41) is 11.9. The highest BCUT2D eigenvalue weighted by molar-refractivity contribution is 4.78. The SMILES string of the molecule is CC(C)N1CCCC(NCCC#N)CC1. The van der Waals surface area contributed by atoms with Gasteiger partial charge in [-0.25, -0.2) is 0 Å². The Morgan fingerprint density at radius 1 is 1.40 bits per heavy atom. The summed E-state index contributed by atoms with van der Waals surface area (Å²) in [6.45, 7) is 7.81. The summed E-state index contributed by atoms with van der Waals surface area (Å²) in [7, 11) is 0. The lowest BCUT2D eigenvalue weighted by Gasteiger charge is -2.24. The molecule has 1 saturated heterocycles. The van der Waals surface area contributed by atoms with Crippen molar-refractivity contribution in [3.05, 3.63) is 0 Å². The van der Waals surface area contributed by atoms with Crippen LogP contribution in [0.15, 0.2) is 0 Å². The Kier molecular flexibility index (Phi) is 5.67. The fourth-order valence-electron chi connectivity index (χ4n) is 2.17. The number of likely N-dealkylation sites (tertiary alicyclic amines) is 1. The molecule has 86 valence electrons. The van der Waals surface area contributed by atoms with Crippen LogP contribution in [0.25, 0.3) is 0 Å². The van der Waals surface area contributed by atoms with Crippen molar-refractivity contribution in [2.24, 2.45) is 0 Å². The topological polar surface area (TPSA) is 39.1 Å². The van der Waals surface area contributed by atoms with Crippen LogP contribution in [0, 0.1) is 11.3 Å². The summed E-state index contributed by atoms with van der Waals surface area (Å²) < 4.78 is 0. The number of hydrogen-bond acceptors (Lipinski definition) is 3. The summed E-state index contributed by atoms with van der Waals surface area (Å²) in [5.74, 6) is 0. The average Bonchev–Trinajstić information content (AvgIpc) is 2.44. The molecule has 0 aromatic carbocycles. The summed E-state index contributed by atoms with van der Waals surface area (Å²) in [6, 6.07) is 3.47. The first kappa shape index (κ1) is 12.5. The van der Waals surface area contributed by atoms with Crippen LogP contribution in [0.2, 0.25) is 0 Å². The number of hydrogen-bond donors (Lipinski definition) is 1. The van der Waals surface area contributed by atoms with Gasteiger partial charge in [-0.15, -0.1) is 0 Å². The van der Waals surface area contributed by atoms with E-state index < -0.39 is 0 Å². The zero-order valence-corrected chi connectivity index (χ0v) is 10.00. The van der Waals surface area contributed by atoms with E-state index in [0.717, 1.165) is 6.54 Å². The highest BCUT2D eigenvalue weighted by atomic mass is 15.1. The van der Waals surface area contributed by atoms with Gasteiger partial charge in [0.15, 0.2) is 0 Å². The summed E-state index contributed by atoms with van der Waals surface area (Å²) in [5.41, 5.74) is 0. The molecule has 0 amide bonds. The van der Waals surface area contributed by atoms with Crippen molar-refractivity contribution in [3.8, 4) is 6.07 Å². The molecular weight excluding hydrogens is 186 g/mol. The van der Waals surface area contributed by atoms with Crippen molar-refractivity contribution in [3.63, 3.8) is 0 Å². The van der Waals surface area contributed by atoms with Crippen LogP contribution in [0.4, 0.5) is 0 Å². The number of nitriles is 1. The van der Waals surface area contributed by atoms with E-state index in [1.807, 2.05) is 0 Å². The van der Waals surface area contributed by atoms with Gasteiger partial charge in [0.1, 0.15) is 0 Å². The molecule has 0 aromatic heterocycles. The zero-order chi connectivity index (χ0) is 11.1. The normalized spacial score (nSPS) is 23.7. The van der Waals surface area contributed by atoms with E-state index in [4.69, 9.17) is 5.26 Å². The molecule has 1 heterocycles. The lowest BCUT2D eigenvalue weighted by molar-refractivity contribution is 0.229. The quantitative estimate of drug-likeness (QED) is 0.717. The van der Waals surface area contributed by atoms with Crippen molar-refractivity contribution in [1.29, 1.82) is 5.26 Å². The van der Waals surface area contributed by atoms with E-state index in [9.17, 15) is 0 Å². The fraction of sp³-hybridized carbons (Fsp3) is 0.917. The Bertz CT molecular complexity index is 207. The molecule has 0 spiro atoms. The highest BCUT2D eigenvalue weighted by Crippen LogP contribution is 2.13. The van der Waals surface area contributed by atoms with Crippen LogP contribution in [-0.4, -0.2) is 36.6 Å². The standard InChI is InChI=1S/C12H23N3/c1-11(2)15-9-3-5-12(6-10-15)14-8-4-7-13/h11-12,14H,3-6,8-10H2,1-2H3. The van der Waals surface area contributed by atoms with Crippen LogP contribution >= 0.6 is 0 Å². The average molecular weight is 209 g/mol. The number of nitrogens with one attached hydrogen (secondary N) is 1. The second-order valence-electron chi connectivity index (χ2n) is 4.62. The third-order valence-electron chi connectivity index (χ3n) is 3.16. The third-order valence-corrected chi connectivity index (χ3v) is 3.16. The van der Waals surface area contributed by atoms with Gasteiger partial charge in [0.2, 0.25) is 0 Å². The first-order chi connectivity index (χ1) is 7.24. The molecule has 1 aliphatic rings. The largest absolute Gasteiger partial charge is 0.313 e. The lowest BCUT2D eigenvalue weighted by Crippen LogP contribution is -2.34. The molecule has 0 radical (unpaired) electrons. The van der Waals surface area contributed by atoms with Gasteiger partial charge in [0.05, 0.1) is 6.07 Å². The molecule has 1 rings (SSSR count). The van der Waals surface area contributed by atoms with E-state index in [1.165, 1.54) is 32.4 Å². The Labute approximate surface area is 93.5 Å². The van der Waals surface area contributed by atoms with Crippen molar-refractivity contribution >= 4 is 0 Å². The molecule has 1 aliphatic heterocycles. The minimum absolute atomic E-state index is 0.627. The van der Waals surface area contributed by atoms with Gasteiger partial charge in [-0.1, -0.05) is 0 Å². The van der Waals surface area contributed by atoms with Gasteiger partial charge in [-0.2, -0.15) is 5.26 Å². The van der Waals surface area contributed by atoms with Crippen LogP contribution < -0.4 is 5.32 Å². The maximum atomic E-state index is 8.47. The van der Waals surface area contributed by atoms with E-state index in [-0.39, 0.29) is 0 Å². The molecule has 3 heteroatoms. The molecule has 1 atom stereocenters. The molecule has 0 aliphatic carbocycles. The highest BCUT2D eigenvalue weighted by Gasteiger charge is 2.17. The molecule has 0 aromatic rings. The Balaban J connectivity index is 2.24. The van der Waals surface area contributed by atoms with Gasteiger partial charge in [0.25, 0.3) is 0 Å². The monoisotopic (exact) mass is 209 g/mol. The minimum atomic E-state index is 0.627. The molecule has 3 nitrogen and oxygen atoms in total.